The quantitative estimate of drug-likeness (QED) is 0.390. The van der Waals surface area contributed by atoms with Crippen molar-refractivity contribution in [2.45, 2.75) is 0 Å². The molecule has 0 aliphatic heterocycles. The predicted octanol–water partition coefficient (Wildman–Crippen LogP) is 3.97. The first kappa shape index (κ1) is 24.5. The summed E-state index contributed by atoms with van der Waals surface area (Å²) in [5.74, 6) is 1.55. The normalized spacial score (nSPS) is 10.8. The fourth-order valence-corrected chi connectivity index (χ4v) is 3.67. The van der Waals surface area contributed by atoms with Crippen molar-refractivity contribution in [2.75, 3.05) is 32.5 Å². The number of hydrogen-bond donors (Lipinski definition) is 2. The number of amides is 2. The first-order valence-electron chi connectivity index (χ1n) is 11.2. The van der Waals surface area contributed by atoms with E-state index >= 15 is 0 Å². The number of rotatable bonds is 7. The van der Waals surface area contributed by atoms with Gasteiger partial charge in [0.2, 0.25) is 5.91 Å². The molecule has 36 heavy (non-hydrogen) atoms. The van der Waals surface area contributed by atoms with Crippen LogP contribution in [0.5, 0.6) is 0 Å². The molecular weight excluding hydrogens is 457 g/mol. The van der Waals surface area contributed by atoms with Gasteiger partial charge in [-0.3, -0.25) is 9.59 Å². The maximum Gasteiger partial charge on any atom is 0.252 e. The number of nitrogens with zero attached hydrogens (tertiary/aromatic N) is 3. The van der Waals surface area contributed by atoms with E-state index in [0.29, 0.717) is 44.8 Å². The molecule has 0 bridgehead atoms. The summed E-state index contributed by atoms with van der Waals surface area (Å²) in [5.41, 5.74) is 4.54. The summed E-state index contributed by atoms with van der Waals surface area (Å²) in [7, 11) is 3.63. The number of hydrogen-bond acceptors (Lipinski definition) is 5. The largest absolute Gasteiger partial charge is 0.341 e. The lowest BCUT2D eigenvalue weighted by Crippen LogP contribution is -2.27. The third-order valence-electron chi connectivity index (χ3n) is 5.27. The molecule has 0 saturated carbocycles. The van der Waals surface area contributed by atoms with Gasteiger partial charge in [-0.05, 0) is 68.7 Å². The maximum atomic E-state index is 13.6. The number of anilines is 1. The molecule has 7 nitrogen and oxygen atoms in total. The van der Waals surface area contributed by atoms with Gasteiger partial charge in [0.15, 0.2) is 0 Å². The lowest BCUT2D eigenvalue weighted by molar-refractivity contribution is -0.116. The highest BCUT2D eigenvalue weighted by atomic mass is 19.1. The number of terminal acetylenes is 1. The van der Waals surface area contributed by atoms with Gasteiger partial charge in [-0.2, -0.15) is 0 Å². The van der Waals surface area contributed by atoms with Crippen LogP contribution in [-0.2, 0) is 4.79 Å². The Bertz CT molecular complexity index is 1480. The molecule has 1 heterocycles. The molecular formula is C28H24FN5O2. The summed E-state index contributed by atoms with van der Waals surface area (Å²) >= 11 is 0. The first-order valence-corrected chi connectivity index (χ1v) is 11.2. The van der Waals surface area contributed by atoms with Crippen molar-refractivity contribution >= 4 is 28.5 Å². The van der Waals surface area contributed by atoms with Gasteiger partial charge < -0.3 is 15.5 Å². The van der Waals surface area contributed by atoms with Crippen molar-refractivity contribution in [1.82, 2.24) is 20.2 Å². The molecule has 0 atom stereocenters. The molecule has 0 fully saturated rings. The number of aromatic nitrogens is 2. The van der Waals surface area contributed by atoms with Crippen LogP contribution in [0.15, 0.2) is 66.7 Å². The van der Waals surface area contributed by atoms with Crippen LogP contribution < -0.4 is 10.6 Å². The van der Waals surface area contributed by atoms with Gasteiger partial charge in [0.25, 0.3) is 5.91 Å². The van der Waals surface area contributed by atoms with Gasteiger partial charge in [0, 0.05) is 22.4 Å². The minimum atomic E-state index is -0.359. The van der Waals surface area contributed by atoms with Gasteiger partial charge in [-0.25, -0.2) is 14.4 Å². The number of halogens is 1. The molecule has 0 aliphatic carbocycles. The first-order chi connectivity index (χ1) is 17.3. The Labute approximate surface area is 208 Å². The predicted molar refractivity (Wildman–Crippen MR) is 139 cm³/mol. The number of nitrogens with one attached hydrogen (secondary N) is 2. The van der Waals surface area contributed by atoms with Crippen LogP contribution in [0.25, 0.3) is 33.5 Å². The Morgan fingerprint density at radius 2 is 1.67 bits per heavy atom. The van der Waals surface area contributed by atoms with Gasteiger partial charge in [0.1, 0.15) is 5.82 Å². The van der Waals surface area contributed by atoms with Crippen LogP contribution in [0.2, 0.25) is 0 Å². The van der Waals surface area contributed by atoms with E-state index in [1.807, 2.05) is 26.2 Å². The molecule has 4 rings (SSSR count). The number of carbonyl (C=O) groups excluding carboxylic acids is 2. The summed E-state index contributed by atoms with van der Waals surface area (Å²) < 4.78 is 13.6. The van der Waals surface area contributed by atoms with Gasteiger partial charge >= 0.3 is 0 Å². The minimum absolute atomic E-state index is 0.115. The van der Waals surface area contributed by atoms with Crippen LogP contribution in [0.1, 0.15) is 10.4 Å². The summed E-state index contributed by atoms with van der Waals surface area (Å²) in [5, 5.41) is 5.52. The van der Waals surface area contributed by atoms with E-state index in [4.69, 9.17) is 16.4 Å². The molecule has 0 unspecified atom stereocenters. The van der Waals surface area contributed by atoms with E-state index in [2.05, 4.69) is 16.6 Å². The van der Waals surface area contributed by atoms with Crippen LogP contribution in [0.3, 0.4) is 0 Å². The minimum Gasteiger partial charge on any atom is -0.341 e. The molecule has 0 radical (unpaired) electrons. The Morgan fingerprint density at radius 1 is 0.944 bits per heavy atom. The van der Waals surface area contributed by atoms with E-state index < -0.39 is 0 Å². The highest BCUT2D eigenvalue weighted by molar-refractivity contribution is 5.98. The Hall–Kier alpha value is -4.61. The van der Waals surface area contributed by atoms with Crippen LogP contribution in [0.4, 0.5) is 10.1 Å². The summed E-state index contributed by atoms with van der Waals surface area (Å²) in [6.07, 6.45) is 5.24. The standard InChI is InChI=1S/C28H24FN5O2/c1-4-14-30-28(36)20-10-13-23-24(16-20)33-27(26(32-23)18-8-11-21(29)12-9-18)19-6-5-7-22(15-19)31-25(35)17-34(2)3/h1,5-13,15-16H,14,17H2,2-3H3,(H,30,36)(H,31,35). The Kier molecular flexibility index (Phi) is 7.33. The fraction of sp³-hybridized carbons (Fsp3) is 0.143. The summed E-state index contributed by atoms with van der Waals surface area (Å²) in [6, 6.07) is 18.3. The van der Waals surface area contributed by atoms with Crippen molar-refractivity contribution < 1.29 is 14.0 Å². The van der Waals surface area contributed by atoms with Gasteiger partial charge in [0.05, 0.1) is 35.5 Å². The van der Waals surface area contributed by atoms with E-state index in [0.717, 1.165) is 0 Å². The zero-order valence-corrected chi connectivity index (χ0v) is 19.9. The SMILES string of the molecule is C#CCNC(=O)c1ccc2nc(-c3ccc(F)cc3)c(-c3cccc(NC(=O)CN(C)C)c3)nc2c1. The molecule has 180 valence electrons. The molecule has 1 aromatic heterocycles. The maximum absolute atomic E-state index is 13.6. The third-order valence-corrected chi connectivity index (χ3v) is 5.27. The zero-order chi connectivity index (χ0) is 25.7. The van der Waals surface area contributed by atoms with E-state index in [-0.39, 0.29) is 30.7 Å². The molecule has 3 aromatic carbocycles. The van der Waals surface area contributed by atoms with Crippen molar-refractivity contribution in [3.8, 4) is 34.9 Å². The molecule has 0 saturated heterocycles. The monoisotopic (exact) mass is 481 g/mol. The Balaban J connectivity index is 1.82. The van der Waals surface area contributed by atoms with E-state index in [1.165, 1.54) is 12.1 Å². The Morgan fingerprint density at radius 3 is 2.39 bits per heavy atom. The van der Waals surface area contributed by atoms with Gasteiger partial charge in [-0.1, -0.05) is 18.1 Å². The van der Waals surface area contributed by atoms with E-state index in [9.17, 15) is 14.0 Å². The lowest BCUT2D eigenvalue weighted by Gasteiger charge is -2.13. The molecule has 2 N–H and O–H groups in total. The average molecular weight is 482 g/mol. The second-order valence-electron chi connectivity index (χ2n) is 8.38. The second-order valence-corrected chi connectivity index (χ2v) is 8.38. The zero-order valence-electron chi connectivity index (χ0n) is 19.9. The molecule has 0 aliphatic rings. The smallest absolute Gasteiger partial charge is 0.252 e. The highest BCUT2D eigenvalue weighted by Crippen LogP contribution is 2.32. The lowest BCUT2D eigenvalue weighted by atomic mass is 10.0. The van der Waals surface area contributed by atoms with Crippen molar-refractivity contribution in [2.24, 2.45) is 0 Å². The number of benzene rings is 3. The molecule has 2 amide bonds. The van der Waals surface area contributed by atoms with Crippen LogP contribution in [0, 0.1) is 18.2 Å². The number of likely N-dealkylation sites (N-methyl/N-ethyl adjacent to an activating group) is 1. The average Bonchev–Trinajstić information content (AvgIpc) is 2.86. The number of fused-ring (bicyclic) bond motifs is 1. The van der Waals surface area contributed by atoms with Crippen LogP contribution >= 0.6 is 0 Å². The topological polar surface area (TPSA) is 87.2 Å². The van der Waals surface area contributed by atoms with E-state index in [1.54, 1.807) is 47.4 Å². The highest BCUT2D eigenvalue weighted by Gasteiger charge is 2.16. The van der Waals surface area contributed by atoms with Crippen molar-refractivity contribution in [3.05, 3.63) is 78.1 Å². The fourth-order valence-electron chi connectivity index (χ4n) is 3.67. The van der Waals surface area contributed by atoms with Crippen molar-refractivity contribution in [1.29, 1.82) is 0 Å². The second kappa shape index (κ2) is 10.8. The third kappa shape index (κ3) is 5.71. The van der Waals surface area contributed by atoms with Crippen molar-refractivity contribution in [3.63, 3.8) is 0 Å². The van der Waals surface area contributed by atoms with Crippen LogP contribution in [-0.4, -0.2) is 53.9 Å². The summed E-state index contributed by atoms with van der Waals surface area (Å²) in [4.78, 5) is 36.1. The number of carbonyl (C=O) groups is 2. The summed E-state index contributed by atoms with van der Waals surface area (Å²) in [6.45, 7) is 0.356. The molecule has 8 heteroatoms. The molecule has 4 aromatic rings. The molecule has 0 spiro atoms. The van der Waals surface area contributed by atoms with Gasteiger partial charge in [-0.15, -0.1) is 6.42 Å².